The highest BCUT2D eigenvalue weighted by molar-refractivity contribution is 7.89. The van der Waals surface area contributed by atoms with Crippen LogP contribution < -0.4 is 10.0 Å². The molecule has 0 spiro atoms. The number of amides is 1. The Bertz CT molecular complexity index is 796. The van der Waals surface area contributed by atoms with E-state index in [4.69, 9.17) is 11.6 Å². The van der Waals surface area contributed by atoms with Crippen molar-refractivity contribution in [3.05, 3.63) is 64.9 Å². The topological polar surface area (TPSA) is 88.2 Å². The summed E-state index contributed by atoms with van der Waals surface area (Å²) in [5.74, 6) is -0.847. The molecule has 6 nitrogen and oxygen atoms in total. The standard InChI is InChI=1S/C17H20ClN3O3S/c1-19-25(23,24)11-10-21-17(22)16(12-13-6-8-20-9-7-13)14-2-4-15(18)5-3-14/h2-9,16,19H,10-12H2,1H3,(H,21,22). The van der Waals surface area contributed by atoms with Gasteiger partial charge in [0.15, 0.2) is 0 Å². The second-order valence-electron chi connectivity index (χ2n) is 5.48. The molecule has 2 aromatic rings. The minimum atomic E-state index is -3.36. The summed E-state index contributed by atoms with van der Waals surface area (Å²) in [7, 11) is -2.02. The number of hydrogen-bond donors (Lipinski definition) is 2. The maximum atomic E-state index is 12.6. The van der Waals surface area contributed by atoms with Crippen LogP contribution in [0.3, 0.4) is 0 Å². The van der Waals surface area contributed by atoms with Crippen molar-refractivity contribution in [2.75, 3.05) is 19.3 Å². The molecule has 134 valence electrons. The first-order valence-electron chi connectivity index (χ1n) is 7.74. The zero-order valence-electron chi connectivity index (χ0n) is 13.8. The molecule has 0 aliphatic rings. The van der Waals surface area contributed by atoms with Gasteiger partial charge in [0.25, 0.3) is 0 Å². The predicted octanol–water partition coefficient (Wildman–Crippen LogP) is 1.73. The van der Waals surface area contributed by atoms with Crippen LogP contribution in [0.15, 0.2) is 48.8 Å². The molecule has 1 amide bonds. The maximum absolute atomic E-state index is 12.6. The molecule has 0 aliphatic carbocycles. The van der Waals surface area contributed by atoms with Crippen molar-refractivity contribution in [2.45, 2.75) is 12.3 Å². The van der Waals surface area contributed by atoms with Crippen molar-refractivity contribution in [1.82, 2.24) is 15.0 Å². The van der Waals surface area contributed by atoms with Crippen LogP contribution in [0, 0.1) is 0 Å². The van der Waals surface area contributed by atoms with Crippen LogP contribution in [0.5, 0.6) is 0 Å². The van der Waals surface area contributed by atoms with Gasteiger partial charge in [-0.3, -0.25) is 9.78 Å². The molecule has 2 N–H and O–H groups in total. The molecule has 0 radical (unpaired) electrons. The van der Waals surface area contributed by atoms with E-state index >= 15 is 0 Å². The van der Waals surface area contributed by atoms with Gasteiger partial charge in [-0.1, -0.05) is 23.7 Å². The first-order valence-corrected chi connectivity index (χ1v) is 9.77. The molecule has 0 fully saturated rings. The van der Waals surface area contributed by atoms with Crippen LogP contribution >= 0.6 is 11.6 Å². The van der Waals surface area contributed by atoms with Gasteiger partial charge in [0, 0.05) is 24.0 Å². The Morgan fingerprint density at radius 3 is 2.40 bits per heavy atom. The van der Waals surface area contributed by atoms with Gasteiger partial charge in [-0.05, 0) is 48.9 Å². The largest absolute Gasteiger partial charge is 0.354 e. The lowest BCUT2D eigenvalue weighted by Gasteiger charge is -2.17. The third-order valence-corrected chi connectivity index (χ3v) is 5.37. The highest BCUT2D eigenvalue weighted by Crippen LogP contribution is 2.23. The molecule has 1 aromatic carbocycles. The van der Waals surface area contributed by atoms with Crippen LogP contribution in [0.25, 0.3) is 0 Å². The van der Waals surface area contributed by atoms with Gasteiger partial charge in [-0.25, -0.2) is 13.1 Å². The Morgan fingerprint density at radius 2 is 1.80 bits per heavy atom. The van der Waals surface area contributed by atoms with Crippen molar-refractivity contribution >= 4 is 27.5 Å². The van der Waals surface area contributed by atoms with Gasteiger partial charge < -0.3 is 5.32 Å². The first-order chi connectivity index (χ1) is 11.9. The summed E-state index contributed by atoms with van der Waals surface area (Å²) in [6.45, 7) is 0.0441. The third kappa shape index (κ3) is 6.12. The van der Waals surface area contributed by atoms with E-state index in [9.17, 15) is 13.2 Å². The van der Waals surface area contributed by atoms with E-state index < -0.39 is 15.9 Å². The summed E-state index contributed by atoms with van der Waals surface area (Å²) in [6.07, 6.45) is 3.83. The van der Waals surface area contributed by atoms with E-state index in [0.717, 1.165) is 11.1 Å². The molecule has 1 unspecified atom stereocenters. The van der Waals surface area contributed by atoms with Crippen LogP contribution in [-0.4, -0.2) is 38.7 Å². The van der Waals surface area contributed by atoms with E-state index in [1.54, 1.807) is 36.7 Å². The average Bonchev–Trinajstić information content (AvgIpc) is 2.61. The molecular weight excluding hydrogens is 362 g/mol. The number of pyridine rings is 1. The molecule has 0 saturated carbocycles. The number of aromatic nitrogens is 1. The monoisotopic (exact) mass is 381 g/mol. The van der Waals surface area contributed by atoms with E-state index in [1.165, 1.54) is 7.05 Å². The zero-order valence-corrected chi connectivity index (χ0v) is 15.3. The summed E-state index contributed by atoms with van der Waals surface area (Å²) in [6, 6.07) is 10.8. The Balaban J connectivity index is 2.13. The Morgan fingerprint density at radius 1 is 1.16 bits per heavy atom. The molecule has 0 saturated heterocycles. The molecular formula is C17H20ClN3O3S. The molecule has 25 heavy (non-hydrogen) atoms. The van der Waals surface area contributed by atoms with Gasteiger partial charge in [0.1, 0.15) is 0 Å². The predicted molar refractivity (Wildman–Crippen MR) is 98.0 cm³/mol. The zero-order chi connectivity index (χ0) is 18.3. The SMILES string of the molecule is CNS(=O)(=O)CCNC(=O)C(Cc1ccncc1)c1ccc(Cl)cc1. The molecule has 1 atom stereocenters. The van der Waals surface area contributed by atoms with Crippen LogP contribution in [0.2, 0.25) is 5.02 Å². The number of benzene rings is 1. The number of halogens is 1. The molecule has 8 heteroatoms. The third-order valence-electron chi connectivity index (χ3n) is 3.76. The number of hydrogen-bond acceptors (Lipinski definition) is 4. The van der Waals surface area contributed by atoms with E-state index in [-0.39, 0.29) is 18.2 Å². The van der Waals surface area contributed by atoms with Gasteiger partial charge in [0.2, 0.25) is 15.9 Å². The number of carbonyl (C=O) groups excluding carboxylic acids is 1. The minimum Gasteiger partial charge on any atom is -0.354 e. The highest BCUT2D eigenvalue weighted by atomic mass is 35.5. The van der Waals surface area contributed by atoms with Crippen molar-refractivity contribution in [2.24, 2.45) is 0 Å². The van der Waals surface area contributed by atoms with Gasteiger partial charge >= 0.3 is 0 Å². The second kappa shape index (κ2) is 8.94. The van der Waals surface area contributed by atoms with Crippen LogP contribution in [-0.2, 0) is 21.2 Å². The van der Waals surface area contributed by atoms with Crippen molar-refractivity contribution in [3.63, 3.8) is 0 Å². The number of nitrogens with zero attached hydrogens (tertiary/aromatic N) is 1. The lowest BCUT2D eigenvalue weighted by molar-refractivity contribution is -0.122. The van der Waals surface area contributed by atoms with E-state index in [0.29, 0.717) is 11.4 Å². The molecule has 0 aliphatic heterocycles. The van der Waals surface area contributed by atoms with Crippen LogP contribution in [0.4, 0.5) is 0 Å². The lowest BCUT2D eigenvalue weighted by Crippen LogP contribution is -2.36. The van der Waals surface area contributed by atoms with Crippen LogP contribution in [0.1, 0.15) is 17.0 Å². The Hall–Kier alpha value is -1.96. The highest BCUT2D eigenvalue weighted by Gasteiger charge is 2.21. The number of rotatable bonds is 8. The molecule has 0 bridgehead atoms. The summed E-state index contributed by atoms with van der Waals surface area (Å²) in [5.41, 5.74) is 1.78. The molecule has 1 aromatic heterocycles. The fourth-order valence-electron chi connectivity index (χ4n) is 2.35. The number of nitrogens with one attached hydrogen (secondary N) is 2. The van der Waals surface area contributed by atoms with E-state index in [2.05, 4.69) is 15.0 Å². The lowest BCUT2D eigenvalue weighted by atomic mass is 9.91. The smallest absolute Gasteiger partial charge is 0.227 e. The second-order valence-corrected chi connectivity index (χ2v) is 7.96. The summed E-state index contributed by atoms with van der Waals surface area (Å²) in [4.78, 5) is 16.6. The van der Waals surface area contributed by atoms with Crippen molar-refractivity contribution in [1.29, 1.82) is 0 Å². The van der Waals surface area contributed by atoms with Gasteiger partial charge in [0.05, 0.1) is 11.7 Å². The van der Waals surface area contributed by atoms with Crippen molar-refractivity contribution in [3.8, 4) is 0 Å². The number of sulfonamides is 1. The molecule has 2 rings (SSSR count). The fraction of sp³-hybridized carbons (Fsp3) is 0.294. The first kappa shape index (κ1) is 19.4. The van der Waals surface area contributed by atoms with Crippen molar-refractivity contribution < 1.29 is 13.2 Å². The summed E-state index contributed by atoms with van der Waals surface area (Å²) < 4.78 is 25.2. The van der Waals surface area contributed by atoms with Gasteiger partial charge in [-0.15, -0.1) is 0 Å². The quantitative estimate of drug-likeness (QED) is 0.728. The normalized spacial score (nSPS) is 12.6. The Labute approximate surface area is 152 Å². The fourth-order valence-corrected chi connectivity index (χ4v) is 3.05. The van der Waals surface area contributed by atoms with Gasteiger partial charge in [-0.2, -0.15) is 0 Å². The number of carbonyl (C=O) groups is 1. The molecule has 1 heterocycles. The maximum Gasteiger partial charge on any atom is 0.227 e. The minimum absolute atomic E-state index is 0.0441. The Kier molecular flexibility index (Phi) is 6.92. The average molecular weight is 382 g/mol. The van der Waals surface area contributed by atoms with E-state index in [1.807, 2.05) is 12.1 Å². The summed E-state index contributed by atoms with van der Waals surface area (Å²) >= 11 is 5.92. The summed E-state index contributed by atoms with van der Waals surface area (Å²) in [5, 5.41) is 3.29.